The van der Waals surface area contributed by atoms with Crippen molar-refractivity contribution in [1.82, 2.24) is 4.72 Å². The van der Waals surface area contributed by atoms with E-state index in [9.17, 15) is 26.4 Å². The highest BCUT2D eigenvalue weighted by molar-refractivity contribution is 7.91. The van der Waals surface area contributed by atoms with Crippen LogP contribution in [0, 0.1) is 5.92 Å². The van der Waals surface area contributed by atoms with Crippen LogP contribution in [0.4, 0.5) is 0 Å². The Hall–Kier alpha value is -2.76. The van der Waals surface area contributed by atoms with E-state index in [0.717, 1.165) is 11.1 Å². The molecule has 2 atom stereocenters. The number of hydrogen-bond donors (Lipinski definition) is 1. The largest absolute Gasteiger partial charge is 0.466 e. The average Bonchev–Trinajstić information content (AvgIpc) is 2.89. The van der Waals surface area contributed by atoms with Crippen LogP contribution < -0.4 is 4.72 Å². The number of ether oxygens (including phenoxy) is 2. The predicted octanol–water partition coefficient (Wildman–Crippen LogP) is 3.09. The Labute approximate surface area is 232 Å². The molecule has 39 heavy (non-hydrogen) atoms. The van der Waals surface area contributed by atoms with E-state index < -0.39 is 43.5 Å². The maximum atomic E-state index is 12.7. The van der Waals surface area contributed by atoms with Gasteiger partial charge in [-0.1, -0.05) is 60.7 Å². The van der Waals surface area contributed by atoms with E-state index in [1.165, 1.54) is 0 Å². The van der Waals surface area contributed by atoms with Crippen LogP contribution in [0.2, 0.25) is 0 Å². The molecule has 0 unspecified atom stereocenters. The van der Waals surface area contributed by atoms with Crippen molar-refractivity contribution in [2.45, 2.75) is 52.0 Å². The van der Waals surface area contributed by atoms with Crippen LogP contribution in [0.25, 0.3) is 0 Å². The van der Waals surface area contributed by atoms with Gasteiger partial charge in [-0.3, -0.25) is 9.59 Å². The summed E-state index contributed by atoms with van der Waals surface area (Å²) in [5, 5.41) is 0. The zero-order valence-electron chi connectivity index (χ0n) is 22.6. The van der Waals surface area contributed by atoms with Gasteiger partial charge in [0.2, 0.25) is 10.0 Å². The fourth-order valence-corrected chi connectivity index (χ4v) is 6.96. The Kier molecular flexibility index (Phi) is 13.6. The molecule has 0 heterocycles. The van der Waals surface area contributed by atoms with E-state index in [4.69, 9.17) is 9.47 Å². The van der Waals surface area contributed by atoms with Crippen molar-refractivity contribution in [3.63, 3.8) is 0 Å². The number of esters is 2. The number of carbonyl (C=O) groups excluding carboxylic acids is 2. The zero-order chi connectivity index (χ0) is 28.7. The first kappa shape index (κ1) is 32.5. The zero-order valence-corrected chi connectivity index (χ0v) is 24.2. The summed E-state index contributed by atoms with van der Waals surface area (Å²) in [5.41, 5.74) is 1.72. The summed E-state index contributed by atoms with van der Waals surface area (Å²) in [6.07, 6.45) is 1.04. The number of rotatable bonds is 18. The summed E-state index contributed by atoms with van der Waals surface area (Å²) in [4.78, 5) is 24.8. The fraction of sp³-hybridized carbons (Fsp3) is 0.500. The van der Waals surface area contributed by atoms with Gasteiger partial charge in [0, 0.05) is 0 Å². The van der Waals surface area contributed by atoms with Crippen LogP contribution >= 0.6 is 0 Å². The van der Waals surface area contributed by atoms with Crippen LogP contribution in [-0.4, -0.2) is 65.3 Å². The van der Waals surface area contributed by atoms with Gasteiger partial charge >= 0.3 is 11.9 Å². The Morgan fingerprint density at radius 3 is 1.79 bits per heavy atom. The summed E-state index contributed by atoms with van der Waals surface area (Å²) < 4.78 is 63.1. The molecule has 9 nitrogen and oxygen atoms in total. The molecule has 216 valence electrons. The first-order valence-electron chi connectivity index (χ1n) is 13.2. The lowest BCUT2D eigenvalue weighted by Gasteiger charge is -2.18. The highest BCUT2D eigenvalue weighted by Gasteiger charge is 2.27. The molecule has 2 aromatic carbocycles. The van der Waals surface area contributed by atoms with E-state index in [1.807, 2.05) is 36.4 Å². The van der Waals surface area contributed by atoms with Crippen LogP contribution in [0.5, 0.6) is 0 Å². The molecule has 0 fully saturated rings. The lowest BCUT2D eigenvalue weighted by molar-refractivity contribution is -0.148. The number of benzene rings is 2. The predicted molar refractivity (Wildman–Crippen MR) is 150 cm³/mol. The van der Waals surface area contributed by atoms with Crippen molar-refractivity contribution >= 4 is 31.8 Å². The molecule has 0 aliphatic carbocycles. The lowest BCUT2D eigenvalue weighted by atomic mass is 9.95. The third-order valence-corrected chi connectivity index (χ3v) is 9.29. The number of sulfone groups is 1. The highest BCUT2D eigenvalue weighted by Crippen LogP contribution is 2.17. The monoisotopic (exact) mass is 581 g/mol. The second-order valence-corrected chi connectivity index (χ2v) is 13.4. The van der Waals surface area contributed by atoms with Crippen molar-refractivity contribution in [3.8, 4) is 0 Å². The minimum atomic E-state index is -3.95. The van der Waals surface area contributed by atoms with E-state index >= 15 is 0 Å². The molecule has 0 spiro atoms. The van der Waals surface area contributed by atoms with Gasteiger partial charge in [0.25, 0.3) is 0 Å². The van der Waals surface area contributed by atoms with Crippen LogP contribution in [-0.2, 0) is 51.8 Å². The maximum absolute atomic E-state index is 12.7. The molecule has 0 aliphatic heterocycles. The van der Waals surface area contributed by atoms with Gasteiger partial charge in [-0.15, -0.1) is 0 Å². The van der Waals surface area contributed by atoms with E-state index in [1.54, 1.807) is 38.1 Å². The summed E-state index contributed by atoms with van der Waals surface area (Å²) in [7, 11) is -7.50. The summed E-state index contributed by atoms with van der Waals surface area (Å²) >= 11 is 0. The van der Waals surface area contributed by atoms with Crippen molar-refractivity contribution in [1.29, 1.82) is 0 Å². The van der Waals surface area contributed by atoms with Crippen molar-refractivity contribution in [3.05, 3.63) is 71.8 Å². The minimum absolute atomic E-state index is 0.104. The van der Waals surface area contributed by atoms with Crippen molar-refractivity contribution in [2.75, 3.05) is 30.5 Å². The third kappa shape index (κ3) is 12.8. The smallest absolute Gasteiger partial charge is 0.324 e. The molecule has 0 radical (unpaired) electrons. The van der Waals surface area contributed by atoms with Gasteiger partial charge < -0.3 is 9.47 Å². The van der Waals surface area contributed by atoms with Crippen LogP contribution in [0.3, 0.4) is 0 Å². The normalized spacial score (nSPS) is 13.4. The van der Waals surface area contributed by atoms with Gasteiger partial charge in [0.1, 0.15) is 15.9 Å². The van der Waals surface area contributed by atoms with Crippen LogP contribution in [0.1, 0.15) is 44.2 Å². The first-order valence-corrected chi connectivity index (χ1v) is 16.6. The summed E-state index contributed by atoms with van der Waals surface area (Å²) in [6.45, 7) is 3.70. The number of hydrogen-bond acceptors (Lipinski definition) is 8. The molecule has 0 saturated carbocycles. The summed E-state index contributed by atoms with van der Waals surface area (Å²) in [5.74, 6) is -2.44. The Morgan fingerprint density at radius 2 is 1.23 bits per heavy atom. The maximum Gasteiger partial charge on any atom is 0.324 e. The van der Waals surface area contributed by atoms with Crippen LogP contribution in [0.15, 0.2) is 60.7 Å². The molecule has 11 heteroatoms. The van der Waals surface area contributed by atoms with Gasteiger partial charge in [-0.2, -0.15) is 0 Å². The Bertz CT molecular complexity index is 1230. The third-order valence-electron chi connectivity index (χ3n) is 6.00. The quantitative estimate of drug-likeness (QED) is 0.266. The van der Waals surface area contributed by atoms with Gasteiger partial charge in [0.05, 0.1) is 36.4 Å². The van der Waals surface area contributed by atoms with Crippen molar-refractivity contribution in [2.24, 2.45) is 5.92 Å². The Morgan fingerprint density at radius 1 is 0.718 bits per heavy atom. The SMILES string of the molecule is CCOC(=O)[C@@H](CCCS(=O)(=O)CCCS(=O)(=O)N[C@@H](Cc1ccccc1)C(=O)OCC)Cc1ccccc1. The van der Waals surface area contributed by atoms with E-state index in [2.05, 4.69) is 4.72 Å². The Balaban J connectivity index is 1.88. The first-order chi connectivity index (χ1) is 18.5. The molecule has 2 aromatic rings. The molecular weight excluding hydrogens is 542 g/mol. The standard InChI is InChI=1S/C28H39NO8S2/c1-3-36-27(30)25(21-23-13-7-5-8-14-23)17-11-18-38(32,33)19-12-20-39(34,35)29-26(28(31)37-4-2)22-24-15-9-6-10-16-24/h5-10,13-16,25-26,29H,3-4,11-12,17-22H2,1-2H3/t25-,26-/m0/s1. The van der Waals surface area contributed by atoms with Crippen molar-refractivity contribution < 1.29 is 35.9 Å². The average molecular weight is 582 g/mol. The molecule has 2 rings (SSSR count). The molecule has 0 saturated heterocycles. The number of carbonyl (C=O) groups is 2. The molecule has 0 aliphatic rings. The molecule has 0 amide bonds. The molecule has 0 bridgehead atoms. The minimum Gasteiger partial charge on any atom is -0.466 e. The second kappa shape index (κ2) is 16.4. The van der Waals surface area contributed by atoms with Gasteiger partial charge in [-0.05, 0) is 57.1 Å². The van der Waals surface area contributed by atoms with E-state index in [-0.39, 0.29) is 50.0 Å². The molecule has 1 N–H and O–H groups in total. The molecule has 0 aromatic heterocycles. The summed E-state index contributed by atoms with van der Waals surface area (Å²) in [6, 6.07) is 17.3. The topological polar surface area (TPSA) is 133 Å². The molecular formula is C28H39NO8S2. The number of nitrogens with one attached hydrogen (secondary N) is 1. The van der Waals surface area contributed by atoms with Gasteiger partial charge in [0.15, 0.2) is 0 Å². The second-order valence-electron chi connectivity index (χ2n) is 9.22. The fourth-order valence-electron chi connectivity index (χ4n) is 4.12. The van der Waals surface area contributed by atoms with E-state index in [0.29, 0.717) is 12.8 Å². The highest BCUT2D eigenvalue weighted by atomic mass is 32.2. The van der Waals surface area contributed by atoms with Gasteiger partial charge in [-0.25, -0.2) is 21.6 Å². The lowest BCUT2D eigenvalue weighted by Crippen LogP contribution is -2.44. The number of sulfonamides is 1.